The zero-order valence-corrected chi connectivity index (χ0v) is 15.5. The largest absolute Gasteiger partial charge is 0.493 e. The van der Waals surface area contributed by atoms with Gasteiger partial charge < -0.3 is 19.5 Å². The molecule has 0 saturated heterocycles. The van der Waals surface area contributed by atoms with E-state index in [9.17, 15) is 9.59 Å². The molecule has 1 aromatic rings. The number of nitrogens with one attached hydrogen (secondary N) is 1. The lowest BCUT2D eigenvalue weighted by atomic mass is 10.0. The maximum absolute atomic E-state index is 11.7. The highest BCUT2D eigenvalue weighted by Crippen LogP contribution is 2.28. The number of hydrogen-bond donors (Lipinski definition) is 1. The van der Waals surface area contributed by atoms with Crippen molar-refractivity contribution in [3.63, 3.8) is 0 Å². The summed E-state index contributed by atoms with van der Waals surface area (Å²) in [7, 11) is 1.55. The zero-order chi connectivity index (χ0) is 18.9. The Morgan fingerprint density at radius 3 is 2.52 bits per heavy atom. The number of methoxy groups -OCH3 is 1. The molecular weight excluding hydrogens is 322 g/mol. The van der Waals surface area contributed by atoms with Gasteiger partial charge in [0.15, 0.2) is 18.1 Å². The van der Waals surface area contributed by atoms with E-state index in [1.807, 2.05) is 27.7 Å². The highest BCUT2D eigenvalue weighted by molar-refractivity contribution is 5.89. The Labute approximate surface area is 149 Å². The number of carbonyl (C=O) groups is 2. The Kier molecular flexibility index (Phi) is 7.98. The average molecular weight is 349 g/mol. The quantitative estimate of drug-likeness (QED) is 0.548. The molecule has 138 valence electrons. The van der Waals surface area contributed by atoms with Gasteiger partial charge in [0.25, 0.3) is 5.91 Å². The Morgan fingerprint density at radius 2 is 1.92 bits per heavy atom. The summed E-state index contributed by atoms with van der Waals surface area (Å²) in [6.45, 7) is 7.91. The molecule has 1 aromatic carbocycles. The van der Waals surface area contributed by atoms with Gasteiger partial charge in [-0.05, 0) is 51.0 Å². The molecule has 6 heteroatoms. The van der Waals surface area contributed by atoms with Crippen molar-refractivity contribution in [2.75, 3.05) is 20.3 Å². The van der Waals surface area contributed by atoms with Crippen LogP contribution >= 0.6 is 0 Å². The number of benzene rings is 1. The van der Waals surface area contributed by atoms with Crippen LogP contribution in [0.25, 0.3) is 6.08 Å². The Morgan fingerprint density at radius 1 is 1.20 bits per heavy atom. The van der Waals surface area contributed by atoms with Gasteiger partial charge in [-0.2, -0.15) is 0 Å². The van der Waals surface area contributed by atoms with Crippen molar-refractivity contribution in [3.05, 3.63) is 29.8 Å². The molecule has 0 aromatic heterocycles. The summed E-state index contributed by atoms with van der Waals surface area (Å²) in [4.78, 5) is 23.5. The topological polar surface area (TPSA) is 73.9 Å². The predicted molar refractivity (Wildman–Crippen MR) is 96.7 cm³/mol. The number of hydrogen-bond acceptors (Lipinski definition) is 5. The van der Waals surface area contributed by atoms with E-state index in [0.29, 0.717) is 18.1 Å². The molecule has 1 amide bonds. The van der Waals surface area contributed by atoms with Crippen LogP contribution in [0.2, 0.25) is 0 Å². The fraction of sp³-hybridized carbons (Fsp3) is 0.474. The monoisotopic (exact) mass is 349 g/mol. The number of rotatable bonds is 9. The molecule has 0 unspecified atom stereocenters. The first-order chi connectivity index (χ1) is 11.8. The highest BCUT2D eigenvalue weighted by Gasteiger charge is 2.18. The van der Waals surface area contributed by atoms with Crippen LogP contribution in [0.15, 0.2) is 24.3 Å². The van der Waals surface area contributed by atoms with Crippen molar-refractivity contribution in [1.29, 1.82) is 0 Å². The van der Waals surface area contributed by atoms with Crippen LogP contribution < -0.4 is 14.8 Å². The van der Waals surface area contributed by atoms with Gasteiger partial charge in [-0.3, -0.25) is 4.79 Å². The number of esters is 1. The molecule has 0 aliphatic carbocycles. The normalized spacial score (nSPS) is 11.2. The van der Waals surface area contributed by atoms with Gasteiger partial charge in [0.05, 0.1) is 13.7 Å². The summed E-state index contributed by atoms with van der Waals surface area (Å²) in [5, 5.41) is 2.80. The van der Waals surface area contributed by atoms with Crippen LogP contribution in [-0.4, -0.2) is 37.7 Å². The van der Waals surface area contributed by atoms with E-state index in [2.05, 4.69) is 5.32 Å². The van der Waals surface area contributed by atoms with E-state index < -0.39 is 5.97 Å². The minimum absolute atomic E-state index is 0.306. The minimum Gasteiger partial charge on any atom is -0.493 e. The third kappa shape index (κ3) is 7.28. The van der Waals surface area contributed by atoms with Crippen molar-refractivity contribution < 1.29 is 23.8 Å². The first-order valence-electron chi connectivity index (χ1n) is 8.28. The second kappa shape index (κ2) is 9.71. The zero-order valence-electron chi connectivity index (χ0n) is 15.5. The first-order valence-corrected chi connectivity index (χ1v) is 8.28. The van der Waals surface area contributed by atoms with Gasteiger partial charge in [0.1, 0.15) is 0 Å². The van der Waals surface area contributed by atoms with E-state index in [-0.39, 0.29) is 18.1 Å². The highest BCUT2D eigenvalue weighted by atomic mass is 16.5. The smallest absolute Gasteiger partial charge is 0.331 e. The molecule has 0 saturated carbocycles. The van der Waals surface area contributed by atoms with E-state index in [0.717, 1.165) is 12.0 Å². The molecule has 0 atom stereocenters. The Bertz CT molecular complexity index is 622. The first kappa shape index (κ1) is 20.5. The van der Waals surface area contributed by atoms with Gasteiger partial charge in [-0.15, -0.1) is 0 Å². The van der Waals surface area contributed by atoms with Crippen LogP contribution in [0.1, 0.15) is 39.7 Å². The van der Waals surface area contributed by atoms with Crippen molar-refractivity contribution in [2.24, 2.45) is 0 Å². The Balaban J connectivity index is 2.58. The van der Waals surface area contributed by atoms with E-state index in [1.54, 1.807) is 31.4 Å². The molecule has 25 heavy (non-hydrogen) atoms. The molecule has 0 heterocycles. The molecule has 0 aliphatic heterocycles. The minimum atomic E-state index is -0.586. The van der Waals surface area contributed by atoms with Crippen molar-refractivity contribution in [2.45, 2.75) is 39.7 Å². The maximum Gasteiger partial charge on any atom is 0.331 e. The fourth-order valence-electron chi connectivity index (χ4n) is 1.91. The van der Waals surface area contributed by atoms with Gasteiger partial charge >= 0.3 is 5.97 Å². The molecular formula is C19H27NO5. The van der Waals surface area contributed by atoms with Crippen LogP contribution in [0.5, 0.6) is 11.5 Å². The molecule has 6 nitrogen and oxygen atoms in total. The predicted octanol–water partition coefficient (Wildman–Crippen LogP) is 2.96. The molecule has 0 bridgehead atoms. The van der Waals surface area contributed by atoms with Crippen LogP contribution in [-0.2, 0) is 14.3 Å². The standard InChI is InChI=1S/C19H27NO5/c1-6-19(3,4)20-17(21)13-25-18(22)11-9-14-8-10-15(24-7-2)16(12-14)23-5/h8-12H,6-7,13H2,1-5H3,(H,20,21)/b11-9+. The molecule has 0 spiro atoms. The average Bonchev–Trinajstić information content (AvgIpc) is 2.58. The summed E-state index contributed by atoms with van der Waals surface area (Å²) in [6, 6.07) is 5.33. The summed E-state index contributed by atoms with van der Waals surface area (Å²) in [6.07, 6.45) is 3.65. The Hall–Kier alpha value is -2.50. The van der Waals surface area contributed by atoms with Gasteiger partial charge in [-0.25, -0.2) is 4.79 Å². The molecule has 0 aliphatic rings. The summed E-state index contributed by atoms with van der Waals surface area (Å²) in [5.41, 5.74) is 0.437. The second-order valence-electron chi connectivity index (χ2n) is 6.07. The maximum atomic E-state index is 11.7. The van der Waals surface area contributed by atoms with Crippen LogP contribution in [0.4, 0.5) is 0 Å². The van der Waals surface area contributed by atoms with Crippen molar-refractivity contribution in [3.8, 4) is 11.5 Å². The van der Waals surface area contributed by atoms with Gasteiger partial charge in [0, 0.05) is 11.6 Å². The molecule has 1 N–H and O–H groups in total. The summed E-state index contributed by atoms with van der Waals surface area (Å²) < 4.78 is 15.6. The number of amides is 1. The van der Waals surface area contributed by atoms with Crippen LogP contribution in [0.3, 0.4) is 0 Å². The fourth-order valence-corrected chi connectivity index (χ4v) is 1.91. The summed E-state index contributed by atoms with van der Waals surface area (Å²) >= 11 is 0. The lowest BCUT2D eigenvalue weighted by Gasteiger charge is -2.24. The van der Waals surface area contributed by atoms with Gasteiger partial charge in [0.2, 0.25) is 0 Å². The number of ether oxygens (including phenoxy) is 3. The molecule has 0 fully saturated rings. The molecule has 0 radical (unpaired) electrons. The van der Waals surface area contributed by atoms with E-state index in [1.165, 1.54) is 6.08 Å². The van der Waals surface area contributed by atoms with Gasteiger partial charge in [-0.1, -0.05) is 13.0 Å². The molecule has 1 rings (SSSR count). The van der Waals surface area contributed by atoms with Crippen LogP contribution in [0, 0.1) is 0 Å². The van der Waals surface area contributed by atoms with Crippen molar-refractivity contribution in [1.82, 2.24) is 5.32 Å². The lowest BCUT2D eigenvalue weighted by Crippen LogP contribution is -2.44. The number of carbonyl (C=O) groups excluding carboxylic acids is 2. The van der Waals surface area contributed by atoms with E-state index in [4.69, 9.17) is 14.2 Å². The summed E-state index contributed by atoms with van der Waals surface area (Å²) in [5.74, 6) is 0.312. The van der Waals surface area contributed by atoms with E-state index >= 15 is 0 Å². The lowest BCUT2D eigenvalue weighted by molar-refractivity contribution is -0.144. The SMILES string of the molecule is CCOc1ccc(/C=C/C(=O)OCC(=O)NC(C)(C)CC)cc1OC. The third-order valence-electron chi connectivity index (χ3n) is 3.61. The third-order valence-corrected chi connectivity index (χ3v) is 3.61. The second-order valence-corrected chi connectivity index (χ2v) is 6.07. The van der Waals surface area contributed by atoms with Crippen molar-refractivity contribution >= 4 is 18.0 Å².